The normalized spacial score (nSPS) is 11.2. The van der Waals surface area contributed by atoms with Crippen LogP contribution in [0.1, 0.15) is 5.56 Å². The molecule has 20 heavy (non-hydrogen) atoms. The number of fused-ring (bicyclic) bond motifs is 1. The van der Waals surface area contributed by atoms with Crippen molar-refractivity contribution in [3.8, 4) is 0 Å². The van der Waals surface area contributed by atoms with Gasteiger partial charge in [-0.15, -0.1) is 0 Å². The van der Waals surface area contributed by atoms with Crippen LogP contribution in [0.15, 0.2) is 41.0 Å². The van der Waals surface area contributed by atoms with Gasteiger partial charge in [-0.1, -0.05) is 0 Å². The number of nitrogen functional groups attached to an aromatic ring is 1. The van der Waals surface area contributed by atoms with E-state index in [0.717, 1.165) is 10.9 Å². The van der Waals surface area contributed by atoms with Gasteiger partial charge >= 0.3 is 0 Å². The van der Waals surface area contributed by atoms with Crippen LogP contribution in [-0.2, 0) is 6.54 Å². The molecular formula is C14H10BrF2N3. The molecule has 0 unspecified atom stereocenters. The van der Waals surface area contributed by atoms with Crippen LogP contribution in [0.25, 0.3) is 10.9 Å². The topological polar surface area (TPSA) is 43.8 Å². The molecule has 6 heteroatoms. The summed E-state index contributed by atoms with van der Waals surface area (Å²) in [5.74, 6) is -1.21. The van der Waals surface area contributed by atoms with Crippen molar-refractivity contribution in [3.63, 3.8) is 0 Å². The summed E-state index contributed by atoms with van der Waals surface area (Å²) in [5.41, 5.74) is 7.01. The third kappa shape index (κ3) is 2.16. The molecule has 0 aliphatic rings. The summed E-state index contributed by atoms with van der Waals surface area (Å²) in [7, 11) is 0. The number of hydrogen-bond acceptors (Lipinski definition) is 2. The number of nitrogens with two attached hydrogens (primary N) is 1. The Labute approximate surface area is 122 Å². The lowest BCUT2D eigenvalue weighted by Gasteiger charge is -2.08. The van der Waals surface area contributed by atoms with Gasteiger partial charge in [-0.2, -0.15) is 5.10 Å². The Morgan fingerprint density at radius 3 is 2.80 bits per heavy atom. The predicted molar refractivity (Wildman–Crippen MR) is 77.3 cm³/mol. The second-order valence-corrected chi connectivity index (χ2v) is 5.30. The molecule has 0 aliphatic heterocycles. The number of hydrogen-bond donors (Lipinski definition) is 1. The van der Waals surface area contributed by atoms with Gasteiger partial charge in [0.2, 0.25) is 0 Å². The van der Waals surface area contributed by atoms with Gasteiger partial charge in [0.25, 0.3) is 0 Å². The van der Waals surface area contributed by atoms with E-state index in [4.69, 9.17) is 5.73 Å². The minimum absolute atomic E-state index is 0.00403. The minimum atomic E-state index is -0.613. The number of aromatic nitrogens is 2. The summed E-state index contributed by atoms with van der Waals surface area (Å²) < 4.78 is 29.5. The van der Waals surface area contributed by atoms with Crippen molar-refractivity contribution in [1.29, 1.82) is 0 Å². The van der Waals surface area contributed by atoms with Crippen LogP contribution in [0.3, 0.4) is 0 Å². The molecule has 0 aliphatic carbocycles. The van der Waals surface area contributed by atoms with Gasteiger partial charge < -0.3 is 5.73 Å². The van der Waals surface area contributed by atoms with Crippen molar-refractivity contribution < 1.29 is 8.78 Å². The molecule has 0 atom stereocenters. The Kier molecular flexibility index (Phi) is 3.17. The highest BCUT2D eigenvalue weighted by Crippen LogP contribution is 2.24. The maximum absolute atomic E-state index is 14.0. The molecule has 0 spiro atoms. The largest absolute Gasteiger partial charge is 0.399 e. The lowest BCUT2D eigenvalue weighted by Crippen LogP contribution is -2.06. The molecule has 0 radical (unpaired) electrons. The van der Waals surface area contributed by atoms with E-state index >= 15 is 0 Å². The van der Waals surface area contributed by atoms with Crippen LogP contribution in [0, 0.1) is 11.6 Å². The third-order valence-electron chi connectivity index (χ3n) is 3.12. The molecule has 3 nitrogen and oxygen atoms in total. The molecule has 102 valence electrons. The second kappa shape index (κ2) is 4.86. The average Bonchev–Trinajstić information content (AvgIpc) is 2.81. The van der Waals surface area contributed by atoms with Gasteiger partial charge in [0.1, 0.15) is 11.6 Å². The van der Waals surface area contributed by atoms with Crippen molar-refractivity contribution in [2.24, 2.45) is 0 Å². The highest BCUT2D eigenvalue weighted by molar-refractivity contribution is 9.10. The number of anilines is 1. The smallest absolute Gasteiger partial charge is 0.145 e. The fourth-order valence-electron chi connectivity index (χ4n) is 2.08. The first-order chi connectivity index (χ1) is 9.56. The van der Waals surface area contributed by atoms with Crippen LogP contribution >= 0.6 is 15.9 Å². The summed E-state index contributed by atoms with van der Waals surface area (Å²) in [6, 6.07) is 7.88. The first-order valence-corrected chi connectivity index (χ1v) is 6.69. The SMILES string of the molecule is Nc1ccc2cnn(Cc3c(F)ccc(Br)c3F)c2c1. The van der Waals surface area contributed by atoms with Gasteiger partial charge in [0.05, 0.1) is 22.7 Å². The third-order valence-corrected chi connectivity index (χ3v) is 3.73. The van der Waals surface area contributed by atoms with Gasteiger partial charge in [-0.3, -0.25) is 4.68 Å². The molecule has 0 saturated carbocycles. The number of halogens is 3. The summed E-state index contributed by atoms with van der Waals surface area (Å²) >= 11 is 3.05. The Hall–Kier alpha value is -1.95. The molecule has 3 aromatic rings. The highest BCUT2D eigenvalue weighted by Gasteiger charge is 2.14. The van der Waals surface area contributed by atoms with Crippen molar-refractivity contribution >= 4 is 32.5 Å². The molecule has 0 bridgehead atoms. The number of benzene rings is 2. The summed E-state index contributed by atoms with van der Waals surface area (Å²) in [4.78, 5) is 0. The van der Waals surface area contributed by atoms with Crippen LogP contribution < -0.4 is 5.73 Å². The predicted octanol–water partition coefficient (Wildman–Crippen LogP) is 3.71. The van der Waals surface area contributed by atoms with Crippen molar-refractivity contribution in [1.82, 2.24) is 9.78 Å². The van der Waals surface area contributed by atoms with Crippen LogP contribution in [0.5, 0.6) is 0 Å². The van der Waals surface area contributed by atoms with Crippen LogP contribution in [0.2, 0.25) is 0 Å². The summed E-state index contributed by atoms with van der Waals surface area (Å²) in [5, 5.41) is 5.03. The molecular weight excluding hydrogens is 328 g/mol. The quantitative estimate of drug-likeness (QED) is 0.572. The van der Waals surface area contributed by atoms with E-state index in [-0.39, 0.29) is 16.6 Å². The zero-order chi connectivity index (χ0) is 14.3. The second-order valence-electron chi connectivity index (χ2n) is 4.44. The van der Waals surface area contributed by atoms with Gasteiger partial charge in [-0.25, -0.2) is 8.78 Å². The van der Waals surface area contributed by atoms with E-state index in [1.165, 1.54) is 16.8 Å². The Balaban J connectivity index is 2.10. The Morgan fingerprint density at radius 1 is 1.20 bits per heavy atom. The fraction of sp³-hybridized carbons (Fsp3) is 0.0714. The van der Waals surface area contributed by atoms with E-state index in [0.29, 0.717) is 5.69 Å². The van der Waals surface area contributed by atoms with Gasteiger partial charge in [0, 0.05) is 16.6 Å². The van der Waals surface area contributed by atoms with Crippen molar-refractivity contribution in [2.45, 2.75) is 6.54 Å². The minimum Gasteiger partial charge on any atom is -0.399 e. The maximum atomic E-state index is 14.0. The Bertz CT molecular complexity index is 798. The van der Waals surface area contributed by atoms with E-state index in [9.17, 15) is 8.78 Å². The average molecular weight is 338 g/mol. The molecule has 1 heterocycles. The first kappa shape index (κ1) is 13.1. The number of nitrogens with zero attached hydrogens (tertiary/aromatic N) is 2. The molecule has 1 aromatic heterocycles. The van der Waals surface area contributed by atoms with Gasteiger partial charge in [-0.05, 0) is 46.3 Å². The molecule has 0 amide bonds. The lowest BCUT2D eigenvalue weighted by molar-refractivity contribution is 0.533. The van der Waals surface area contributed by atoms with Gasteiger partial charge in [0.15, 0.2) is 0 Å². The van der Waals surface area contributed by atoms with E-state index in [2.05, 4.69) is 21.0 Å². The summed E-state index contributed by atoms with van der Waals surface area (Å²) in [6.45, 7) is 0.00403. The number of rotatable bonds is 2. The zero-order valence-electron chi connectivity index (χ0n) is 10.3. The lowest BCUT2D eigenvalue weighted by atomic mass is 10.2. The molecule has 2 aromatic carbocycles. The van der Waals surface area contributed by atoms with E-state index < -0.39 is 11.6 Å². The maximum Gasteiger partial charge on any atom is 0.145 e. The fourth-order valence-corrected chi connectivity index (χ4v) is 2.45. The molecule has 0 fully saturated rings. The van der Waals surface area contributed by atoms with Crippen molar-refractivity contribution in [2.75, 3.05) is 5.73 Å². The van der Waals surface area contributed by atoms with E-state index in [1.807, 2.05) is 6.07 Å². The molecule has 0 saturated heterocycles. The zero-order valence-corrected chi connectivity index (χ0v) is 11.9. The van der Waals surface area contributed by atoms with Crippen molar-refractivity contribution in [3.05, 3.63) is 58.2 Å². The van der Waals surface area contributed by atoms with E-state index in [1.54, 1.807) is 18.3 Å². The molecule has 2 N–H and O–H groups in total. The molecule has 3 rings (SSSR count). The van der Waals surface area contributed by atoms with Crippen LogP contribution in [-0.4, -0.2) is 9.78 Å². The standard InChI is InChI=1S/C14H10BrF2N3/c15-11-3-4-12(16)10(14(11)17)7-20-13-5-9(18)2-1-8(13)6-19-20/h1-6H,7,18H2. The van der Waals surface area contributed by atoms with Crippen LogP contribution in [0.4, 0.5) is 14.5 Å². The Morgan fingerprint density at radius 2 is 2.00 bits per heavy atom. The summed E-state index contributed by atoms with van der Waals surface area (Å²) in [6.07, 6.45) is 1.64. The highest BCUT2D eigenvalue weighted by atomic mass is 79.9. The monoisotopic (exact) mass is 337 g/mol. The first-order valence-electron chi connectivity index (χ1n) is 5.89.